The minimum atomic E-state index is -4.65. The maximum atomic E-state index is 14.9. The van der Waals surface area contributed by atoms with E-state index >= 15 is 0 Å². The predicted molar refractivity (Wildman–Crippen MR) is 87.4 cm³/mol. The van der Waals surface area contributed by atoms with Gasteiger partial charge in [0, 0.05) is 11.8 Å². The minimum absolute atomic E-state index is 0.00527. The molecule has 0 aromatic heterocycles. The van der Waals surface area contributed by atoms with Gasteiger partial charge in [0.15, 0.2) is 0 Å². The predicted octanol–water partition coefficient (Wildman–Crippen LogP) is 5.50. The molecule has 0 bridgehead atoms. The van der Waals surface area contributed by atoms with Crippen molar-refractivity contribution in [2.45, 2.75) is 38.8 Å². The van der Waals surface area contributed by atoms with E-state index in [0.29, 0.717) is 5.56 Å². The van der Waals surface area contributed by atoms with Crippen LogP contribution in [0.5, 0.6) is 0 Å². The fraction of sp³-hybridized carbons (Fsp3) is 0.316. The molecule has 0 fully saturated rings. The molecule has 0 N–H and O–H groups in total. The number of aryl methyl sites for hydroxylation is 1. The van der Waals surface area contributed by atoms with E-state index in [9.17, 15) is 22.4 Å². The lowest BCUT2D eigenvalue weighted by Crippen LogP contribution is -2.40. The summed E-state index contributed by atoms with van der Waals surface area (Å²) in [5, 5.41) is 0. The number of fused-ring (bicyclic) bond motifs is 1. The quantitative estimate of drug-likeness (QED) is 0.621. The van der Waals surface area contributed by atoms with E-state index in [4.69, 9.17) is 0 Å². The average molecular weight is 351 g/mol. The molecule has 132 valence electrons. The minimum Gasteiger partial charge on any atom is -0.277 e. The lowest BCUT2D eigenvalue weighted by atomic mass is 9.76. The van der Waals surface area contributed by atoms with Gasteiger partial charge in [-0.25, -0.2) is 4.39 Å². The first-order valence-electron chi connectivity index (χ1n) is 7.83. The number of benzene rings is 2. The van der Waals surface area contributed by atoms with Crippen LogP contribution >= 0.6 is 0 Å². The Labute approximate surface area is 143 Å². The monoisotopic (exact) mass is 351 g/mol. The summed E-state index contributed by atoms with van der Waals surface area (Å²) in [6, 6.07) is 8.02. The summed E-state index contributed by atoms with van der Waals surface area (Å²) in [5.74, 6) is -1.23. The molecule has 1 aliphatic rings. The van der Waals surface area contributed by atoms with Crippen molar-refractivity contribution in [3.63, 3.8) is 0 Å². The zero-order chi connectivity index (χ0) is 18.6. The molecule has 0 atom stereocenters. The molecule has 0 spiro atoms. The van der Waals surface area contributed by atoms with Crippen molar-refractivity contribution in [3.8, 4) is 0 Å². The Hall–Kier alpha value is -2.37. The zero-order valence-electron chi connectivity index (χ0n) is 14.0. The molecule has 2 aromatic rings. The number of carbonyl (C=O) groups excluding carboxylic acids is 1. The number of nitrogens with zero attached hydrogens (tertiary/aromatic N) is 1. The van der Waals surface area contributed by atoms with Gasteiger partial charge in [0.2, 0.25) is 5.91 Å². The first kappa shape index (κ1) is 17.5. The van der Waals surface area contributed by atoms with Crippen LogP contribution in [0.25, 0.3) is 0 Å². The first-order valence-corrected chi connectivity index (χ1v) is 7.83. The maximum Gasteiger partial charge on any atom is 0.418 e. The summed E-state index contributed by atoms with van der Waals surface area (Å²) in [7, 11) is 0. The molecule has 3 rings (SSSR count). The van der Waals surface area contributed by atoms with Gasteiger partial charge in [-0.2, -0.15) is 13.2 Å². The summed E-state index contributed by atoms with van der Waals surface area (Å²) < 4.78 is 55.1. The van der Waals surface area contributed by atoms with Gasteiger partial charge < -0.3 is 0 Å². The Morgan fingerprint density at radius 1 is 1.08 bits per heavy atom. The van der Waals surface area contributed by atoms with Crippen LogP contribution in [-0.4, -0.2) is 5.91 Å². The highest BCUT2D eigenvalue weighted by atomic mass is 19.4. The largest absolute Gasteiger partial charge is 0.418 e. The molecule has 0 saturated heterocycles. The van der Waals surface area contributed by atoms with E-state index in [0.717, 1.165) is 11.0 Å². The summed E-state index contributed by atoms with van der Waals surface area (Å²) in [5.41, 5.74) is -1.26. The van der Waals surface area contributed by atoms with E-state index in [-0.39, 0.29) is 23.4 Å². The number of para-hydroxylation sites is 1. The van der Waals surface area contributed by atoms with Gasteiger partial charge in [-0.3, -0.25) is 9.69 Å². The molecule has 0 saturated carbocycles. The Kier molecular flexibility index (Phi) is 3.89. The van der Waals surface area contributed by atoms with Crippen LogP contribution in [0.2, 0.25) is 0 Å². The van der Waals surface area contributed by atoms with Crippen LogP contribution in [0.1, 0.15) is 37.0 Å². The van der Waals surface area contributed by atoms with Gasteiger partial charge in [-0.1, -0.05) is 38.1 Å². The van der Waals surface area contributed by atoms with Gasteiger partial charge in [-0.15, -0.1) is 0 Å². The Bertz CT molecular complexity index is 855. The number of hydrogen-bond donors (Lipinski definition) is 0. The van der Waals surface area contributed by atoms with Crippen molar-refractivity contribution in [1.82, 2.24) is 0 Å². The summed E-state index contributed by atoms with van der Waals surface area (Å²) in [4.78, 5) is 13.6. The summed E-state index contributed by atoms with van der Waals surface area (Å²) >= 11 is 0. The van der Waals surface area contributed by atoms with Gasteiger partial charge in [0.25, 0.3) is 0 Å². The molecule has 25 heavy (non-hydrogen) atoms. The fourth-order valence-electron chi connectivity index (χ4n) is 3.27. The van der Waals surface area contributed by atoms with Crippen molar-refractivity contribution < 1.29 is 22.4 Å². The molecule has 0 unspecified atom stereocenters. The van der Waals surface area contributed by atoms with Crippen LogP contribution < -0.4 is 4.90 Å². The average Bonchev–Trinajstić information content (AvgIpc) is 2.50. The lowest BCUT2D eigenvalue weighted by molar-refractivity contribution is -0.137. The third-order valence-corrected chi connectivity index (χ3v) is 4.55. The van der Waals surface area contributed by atoms with E-state index < -0.39 is 28.9 Å². The summed E-state index contributed by atoms with van der Waals surface area (Å²) in [6.45, 7) is 5.09. The third-order valence-electron chi connectivity index (χ3n) is 4.55. The smallest absolute Gasteiger partial charge is 0.277 e. The number of alkyl halides is 3. The Balaban J connectivity index is 2.33. The van der Waals surface area contributed by atoms with Crippen molar-refractivity contribution in [1.29, 1.82) is 0 Å². The van der Waals surface area contributed by atoms with Crippen molar-refractivity contribution in [2.24, 2.45) is 0 Å². The molecule has 1 heterocycles. The number of hydrogen-bond acceptors (Lipinski definition) is 1. The highest BCUT2D eigenvalue weighted by Gasteiger charge is 2.43. The number of carbonyl (C=O) groups is 1. The van der Waals surface area contributed by atoms with Crippen molar-refractivity contribution in [2.75, 3.05) is 4.90 Å². The second-order valence-corrected chi connectivity index (χ2v) is 6.90. The van der Waals surface area contributed by atoms with Crippen LogP contribution in [0, 0.1) is 12.7 Å². The molecular formula is C19H17F4NO. The molecule has 2 nitrogen and oxygen atoms in total. The van der Waals surface area contributed by atoms with E-state index in [1.165, 1.54) is 25.1 Å². The number of halogens is 4. The molecule has 1 aliphatic heterocycles. The third kappa shape index (κ3) is 2.79. The lowest BCUT2D eigenvalue weighted by Gasteiger charge is -2.39. The second-order valence-electron chi connectivity index (χ2n) is 6.90. The van der Waals surface area contributed by atoms with E-state index in [1.54, 1.807) is 26.0 Å². The molecular weight excluding hydrogens is 334 g/mol. The van der Waals surface area contributed by atoms with Crippen LogP contribution in [0.3, 0.4) is 0 Å². The number of amides is 1. The Morgan fingerprint density at radius 3 is 2.36 bits per heavy atom. The maximum absolute atomic E-state index is 14.9. The van der Waals surface area contributed by atoms with Gasteiger partial charge in [-0.05, 0) is 30.2 Å². The second kappa shape index (κ2) is 5.58. The van der Waals surface area contributed by atoms with Crippen molar-refractivity contribution in [3.05, 3.63) is 58.9 Å². The molecule has 0 radical (unpaired) electrons. The number of anilines is 2. The molecule has 2 aromatic carbocycles. The normalized spacial score (nSPS) is 16.8. The van der Waals surface area contributed by atoms with Crippen LogP contribution in [0.15, 0.2) is 36.4 Å². The topological polar surface area (TPSA) is 20.3 Å². The summed E-state index contributed by atoms with van der Waals surface area (Å²) in [6.07, 6.45) is -4.65. The highest BCUT2D eigenvalue weighted by molar-refractivity contribution is 6.05. The van der Waals surface area contributed by atoms with Gasteiger partial charge in [0.1, 0.15) is 5.82 Å². The molecule has 1 amide bonds. The highest BCUT2D eigenvalue weighted by Crippen LogP contribution is 2.48. The van der Waals surface area contributed by atoms with E-state index in [1.807, 2.05) is 0 Å². The Morgan fingerprint density at radius 2 is 1.72 bits per heavy atom. The van der Waals surface area contributed by atoms with Crippen molar-refractivity contribution >= 4 is 17.3 Å². The number of rotatable bonds is 1. The standard InChI is InChI=1S/C19H17F4NO/c1-11-8-9-13-17(16(11)20)24(15(25)10-18(13,2)3)14-7-5-4-6-12(14)19(21,22)23/h4-9H,10H2,1-3H3. The SMILES string of the molecule is Cc1ccc2c(c1F)N(c1ccccc1C(F)(F)F)C(=O)CC2(C)C. The molecule has 6 heteroatoms. The zero-order valence-corrected chi connectivity index (χ0v) is 14.0. The van der Waals surface area contributed by atoms with E-state index in [2.05, 4.69) is 0 Å². The fourth-order valence-corrected chi connectivity index (χ4v) is 3.27. The van der Waals surface area contributed by atoms with Gasteiger partial charge >= 0.3 is 6.18 Å². The van der Waals surface area contributed by atoms with Crippen LogP contribution in [0.4, 0.5) is 28.9 Å². The van der Waals surface area contributed by atoms with Gasteiger partial charge in [0.05, 0.1) is 16.9 Å². The molecule has 0 aliphatic carbocycles. The first-order chi connectivity index (χ1) is 11.5. The van der Waals surface area contributed by atoms with Crippen LogP contribution in [-0.2, 0) is 16.4 Å².